The summed E-state index contributed by atoms with van der Waals surface area (Å²) >= 11 is 0. The summed E-state index contributed by atoms with van der Waals surface area (Å²) in [5.74, 6) is 7.10. The first-order valence-corrected chi connectivity index (χ1v) is 7.24. The summed E-state index contributed by atoms with van der Waals surface area (Å²) in [5, 5.41) is 0. The van der Waals surface area contributed by atoms with Crippen molar-refractivity contribution in [1.82, 2.24) is 5.43 Å². The first-order valence-electron chi connectivity index (χ1n) is 7.24. The lowest BCUT2D eigenvalue weighted by Crippen LogP contribution is -2.37. The fraction of sp³-hybridized carbons (Fsp3) is 0.625. The van der Waals surface area contributed by atoms with Crippen molar-refractivity contribution in [3.8, 4) is 0 Å². The van der Waals surface area contributed by atoms with E-state index in [-0.39, 0.29) is 0 Å². The minimum Gasteiger partial charge on any atom is -0.271 e. The van der Waals surface area contributed by atoms with E-state index >= 15 is 0 Å². The second kappa shape index (κ2) is 6.35. The smallest absolute Gasteiger partial charge is 0.0218 e. The van der Waals surface area contributed by atoms with Crippen molar-refractivity contribution in [2.24, 2.45) is 11.8 Å². The van der Waals surface area contributed by atoms with Gasteiger partial charge in [0.25, 0.3) is 0 Å². The van der Waals surface area contributed by atoms with E-state index in [2.05, 4.69) is 43.5 Å². The molecule has 2 atom stereocenters. The summed E-state index contributed by atoms with van der Waals surface area (Å²) in [6.07, 6.45) is 6.21. The number of benzene rings is 1. The van der Waals surface area contributed by atoms with Crippen molar-refractivity contribution in [2.75, 3.05) is 0 Å². The largest absolute Gasteiger partial charge is 0.271 e. The van der Waals surface area contributed by atoms with Gasteiger partial charge in [-0.05, 0) is 55.1 Å². The molecule has 2 rings (SSSR count). The second-order valence-corrected chi connectivity index (χ2v) is 6.02. The van der Waals surface area contributed by atoms with Gasteiger partial charge < -0.3 is 0 Å². The number of rotatable bonds is 5. The number of aryl methyl sites for hydroxylation is 1. The van der Waals surface area contributed by atoms with Gasteiger partial charge in [-0.2, -0.15) is 0 Å². The molecule has 2 unspecified atom stereocenters. The molecule has 1 aliphatic rings. The monoisotopic (exact) mass is 246 g/mol. The van der Waals surface area contributed by atoms with Crippen molar-refractivity contribution in [1.29, 1.82) is 0 Å². The lowest BCUT2D eigenvalue weighted by molar-refractivity contribution is 0.363. The summed E-state index contributed by atoms with van der Waals surface area (Å²) in [7, 11) is 0. The van der Waals surface area contributed by atoms with Crippen molar-refractivity contribution < 1.29 is 0 Å². The number of nitrogens with two attached hydrogens (primary N) is 1. The van der Waals surface area contributed by atoms with Crippen LogP contribution in [0.2, 0.25) is 0 Å². The second-order valence-electron chi connectivity index (χ2n) is 6.02. The summed E-state index contributed by atoms with van der Waals surface area (Å²) in [6, 6.07) is 9.37. The lowest BCUT2D eigenvalue weighted by atomic mass is 9.79. The molecule has 1 aromatic rings. The number of nitrogens with one attached hydrogen (secondary N) is 1. The van der Waals surface area contributed by atoms with Crippen molar-refractivity contribution >= 4 is 0 Å². The first kappa shape index (κ1) is 13.6. The molecule has 0 fully saturated rings. The fourth-order valence-corrected chi connectivity index (χ4v) is 3.24. The maximum absolute atomic E-state index is 5.71. The van der Waals surface area contributed by atoms with E-state index in [0.717, 1.165) is 6.42 Å². The Labute approximate surface area is 111 Å². The van der Waals surface area contributed by atoms with Gasteiger partial charge in [0, 0.05) is 6.04 Å². The van der Waals surface area contributed by atoms with Crippen LogP contribution in [0.25, 0.3) is 0 Å². The van der Waals surface area contributed by atoms with Gasteiger partial charge in [0.2, 0.25) is 0 Å². The predicted octanol–water partition coefficient (Wildman–Crippen LogP) is 3.37. The van der Waals surface area contributed by atoms with Crippen LogP contribution < -0.4 is 11.3 Å². The normalized spacial score (nSPS) is 20.8. The molecule has 0 spiro atoms. The standard InChI is InChI=1S/C16H26N2/c1-12(2)10-15(18-17)11-14-8-5-7-13-6-3-4-9-16(13)14/h3-4,6,9,12,14-15,18H,5,7-8,10-11,17H2,1-2H3. The predicted molar refractivity (Wildman–Crippen MR) is 77.3 cm³/mol. The molecule has 0 amide bonds. The molecular weight excluding hydrogens is 220 g/mol. The highest BCUT2D eigenvalue weighted by Crippen LogP contribution is 2.35. The van der Waals surface area contributed by atoms with Gasteiger partial charge in [0.15, 0.2) is 0 Å². The Morgan fingerprint density at radius 3 is 2.83 bits per heavy atom. The van der Waals surface area contributed by atoms with Crippen molar-refractivity contribution in [2.45, 2.75) is 57.9 Å². The Morgan fingerprint density at radius 2 is 2.11 bits per heavy atom. The molecule has 0 aromatic heterocycles. The summed E-state index contributed by atoms with van der Waals surface area (Å²) < 4.78 is 0. The molecule has 2 heteroatoms. The molecule has 2 nitrogen and oxygen atoms in total. The van der Waals surface area contributed by atoms with E-state index in [0.29, 0.717) is 17.9 Å². The Hall–Kier alpha value is -0.860. The molecule has 0 saturated heterocycles. The number of hydrazine groups is 1. The first-order chi connectivity index (χ1) is 8.70. The van der Waals surface area contributed by atoms with Crippen LogP contribution in [0.15, 0.2) is 24.3 Å². The maximum atomic E-state index is 5.71. The number of fused-ring (bicyclic) bond motifs is 1. The van der Waals surface area contributed by atoms with Crippen LogP contribution in [0.1, 0.15) is 56.6 Å². The number of hydrogen-bond acceptors (Lipinski definition) is 2. The Morgan fingerprint density at radius 1 is 1.33 bits per heavy atom. The Balaban J connectivity index is 2.06. The Kier molecular flexibility index (Phi) is 4.79. The maximum Gasteiger partial charge on any atom is 0.0218 e. The van der Waals surface area contributed by atoms with E-state index in [1.807, 2.05) is 0 Å². The van der Waals surface area contributed by atoms with Crippen molar-refractivity contribution in [3.05, 3.63) is 35.4 Å². The minimum absolute atomic E-state index is 0.446. The topological polar surface area (TPSA) is 38.0 Å². The molecule has 0 bridgehead atoms. The van der Waals surface area contributed by atoms with Gasteiger partial charge in [0.1, 0.15) is 0 Å². The SMILES string of the molecule is CC(C)CC(CC1CCCc2ccccc21)NN. The van der Waals surface area contributed by atoms with Crippen LogP contribution in [-0.4, -0.2) is 6.04 Å². The van der Waals surface area contributed by atoms with Crippen LogP contribution in [0.5, 0.6) is 0 Å². The summed E-state index contributed by atoms with van der Waals surface area (Å²) in [5.41, 5.74) is 6.12. The van der Waals surface area contributed by atoms with Gasteiger partial charge in [-0.1, -0.05) is 38.1 Å². The highest BCUT2D eigenvalue weighted by Gasteiger charge is 2.23. The molecule has 1 aliphatic carbocycles. The summed E-state index contributed by atoms with van der Waals surface area (Å²) in [6.45, 7) is 4.53. The van der Waals surface area contributed by atoms with Crippen molar-refractivity contribution in [3.63, 3.8) is 0 Å². The van der Waals surface area contributed by atoms with Gasteiger partial charge >= 0.3 is 0 Å². The lowest BCUT2D eigenvalue weighted by Gasteiger charge is -2.29. The van der Waals surface area contributed by atoms with Gasteiger partial charge in [-0.25, -0.2) is 0 Å². The molecule has 0 aliphatic heterocycles. The molecule has 1 aromatic carbocycles. The van der Waals surface area contributed by atoms with Gasteiger partial charge in [-0.3, -0.25) is 11.3 Å². The molecule has 18 heavy (non-hydrogen) atoms. The number of hydrogen-bond donors (Lipinski definition) is 2. The zero-order valence-corrected chi connectivity index (χ0v) is 11.7. The van der Waals surface area contributed by atoms with E-state index < -0.39 is 0 Å². The van der Waals surface area contributed by atoms with E-state index in [9.17, 15) is 0 Å². The zero-order chi connectivity index (χ0) is 13.0. The van der Waals surface area contributed by atoms with Gasteiger partial charge in [0.05, 0.1) is 0 Å². The molecule has 0 saturated carbocycles. The third-order valence-corrected chi connectivity index (χ3v) is 4.05. The van der Waals surface area contributed by atoms with E-state index in [1.165, 1.54) is 25.7 Å². The fourth-order valence-electron chi connectivity index (χ4n) is 3.24. The third-order valence-electron chi connectivity index (χ3n) is 4.05. The van der Waals surface area contributed by atoms with Crippen LogP contribution in [-0.2, 0) is 6.42 Å². The molecule has 0 heterocycles. The highest BCUT2D eigenvalue weighted by atomic mass is 15.2. The quantitative estimate of drug-likeness (QED) is 0.617. The molecule has 100 valence electrons. The average molecular weight is 246 g/mol. The van der Waals surface area contributed by atoms with Crippen LogP contribution >= 0.6 is 0 Å². The van der Waals surface area contributed by atoms with Gasteiger partial charge in [-0.15, -0.1) is 0 Å². The van der Waals surface area contributed by atoms with Crippen LogP contribution in [0, 0.1) is 5.92 Å². The van der Waals surface area contributed by atoms with Crippen LogP contribution in [0.4, 0.5) is 0 Å². The third kappa shape index (κ3) is 3.33. The van der Waals surface area contributed by atoms with E-state index in [4.69, 9.17) is 5.84 Å². The minimum atomic E-state index is 0.446. The molecule has 0 radical (unpaired) electrons. The molecular formula is C16H26N2. The van der Waals surface area contributed by atoms with E-state index in [1.54, 1.807) is 11.1 Å². The highest BCUT2D eigenvalue weighted by molar-refractivity contribution is 5.32. The summed E-state index contributed by atoms with van der Waals surface area (Å²) in [4.78, 5) is 0. The zero-order valence-electron chi connectivity index (χ0n) is 11.7. The molecule has 3 N–H and O–H groups in total. The Bertz CT molecular complexity index is 373. The van der Waals surface area contributed by atoms with Crippen LogP contribution in [0.3, 0.4) is 0 Å². The average Bonchev–Trinajstić information content (AvgIpc) is 2.38.